The molecule has 7 N–H and O–H groups in total. The molecule has 1 amide bonds. The van der Waals surface area contributed by atoms with Crippen LogP contribution >= 0.6 is 0 Å². The van der Waals surface area contributed by atoms with Crippen molar-refractivity contribution in [3.05, 3.63) is 86.4 Å². The van der Waals surface area contributed by atoms with Crippen LogP contribution in [-0.4, -0.2) is 43.5 Å². The van der Waals surface area contributed by atoms with E-state index >= 15 is 0 Å². The minimum Gasteiger partial charge on any atom is -0.511 e. The Kier molecular flexibility index (Phi) is 6.60. The molecule has 204 valence electrons. The number of Topliss-reactive ketones (excluding diaryl/α,β-unsaturated/α-hetero) is 2. The van der Waals surface area contributed by atoms with Gasteiger partial charge in [0.05, 0.1) is 5.56 Å². The van der Waals surface area contributed by atoms with Crippen LogP contribution in [0.3, 0.4) is 0 Å². The molecule has 3 aliphatic rings. The van der Waals surface area contributed by atoms with Gasteiger partial charge in [0.15, 0.2) is 11.4 Å². The lowest BCUT2D eigenvalue weighted by Gasteiger charge is -2.45. The van der Waals surface area contributed by atoms with Crippen LogP contribution in [0.4, 0.5) is 0 Å². The Morgan fingerprint density at radius 1 is 1.10 bits per heavy atom. The van der Waals surface area contributed by atoms with Crippen LogP contribution in [0.15, 0.2) is 53.0 Å². The molecule has 0 saturated carbocycles. The number of carbonyl (C=O) groups is 3. The molecule has 2 aromatic rings. The third-order valence-corrected chi connectivity index (χ3v) is 8.34. The standard InChI is InChI=1S/C30H32N2O7/c1-3-16-8-18(13-32-12-15-6-4-5-14(2)7-15)25(34)23-20(16)10-17-9-19-11-21(33)24(29(31)38)28(37)30(19,39)27(36)22(17)26(23)35/h4-8,17,19,32-34,36,39H,3,9-13H2,1-2H3,(H2,31,38)/t17-,19+,30+/m1/s1. The number of nitrogens with two attached hydrogens (primary N) is 1. The number of phenolic OH excluding ortho intramolecular Hbond substituents is 1. The third kappa shape index (κ3) is 4.13. The monoisotopic (exact) mass is 532 g/mol. The molecule has 3 atom stereocenters. The fraction of sp³-hybridized carbons (Fsp3) is 0.367. The smallest absolute Gasteiger partial charge is 0.255 e. The molecular formula is C30H32N2O7. The molecule has 0 fully saturated rings. The molecular weight excluding hydrogens is 500 g/mol. The van der Waals surface area contributed by atoms with E-state index in [2.05, 4.69) is 11.4 Å². The second kappa shape index (κ2) is 9.66. The van der Waals surface area contributed by atoms with Crippen molar-refractivity contribution in [3.8, 4) is 5.75 Å². The number of aryl methyl sites for hydroxylation is 2. The number of nitrogens with one attached hydrogen (secondary N) is 1. The van der Waals surface area contributed by atoms with Crippen molar-refractivity contribution in [1.82, 2.24) is 5.32 Å². The Morgan fingerprint density at radius 2 is 1.85 bits per heavy atom. The zero-order valence-electron chi connectivity index (χ0n) is 21.9. The molecule has 3 aliphatic carbocycles. The number of fused-ring (bicyclic) bond motifs is 3. The highest BCUT2D eigenvalue weighted by Gasteiger charge is 2.59. The van der Waals surface area contributed by atoms with Crippen LogP contribution < -0.4 is 11.1 Å². The number of amides is 1. The molecule has 0 heterocycles. The summed E-state index contributed by atoms with van der Waals surface area (Å²) in [6, 6.07) is 9.91. The largest absolute Gasteiger partial charge is 0.511 e. The molecule has 0 saturated heterocycles. The summed E-state index contributed by atoms with van der Waals surface area (Å²) < 4.78 is 0. The maximum Gasteiger partial charge on any atom is 0.255 e. The van der Waals surface area contributed by atoms with Crippen molar-refractivity contribution in [2.75, 3.05) is 0 Å². The van der Waals surface area contributed by atoms with Crippen molar-refractivity contribution < 1.29 is 34.8 Å². The normalized spacial score (nSPS) is 24.4. The van der Waals surface area contributed by atoms with E-state index in [4.69, 9.17) is 5.73 Å². The maximum absolute atomic E-state index is 13.9. The van der Waals surface area contributed by atoms with Gasteiger partial charge in [-0.3, -0.25) is 14.4 Å². The Bertz CT molecular complexity index is 1490. The van der Waals surface area contributed by atoms with Gasteiger partial charge in [-0.1, -0.05) is 42.8 Å². The lowest BCUT2D eigenvalue weighted by molar-refractivity contribution is -0.144. The van der Waals surface area contributed by atoms with E-state index < -0.39 is 52.0 Å². The molecule has 0 aliphatic heterocycles. The number of carbonyl (C=O) groups excluding carboxylic acids is 3. The number of allylic oxidation sites excluding steroid dienone is 2. The van der Waals surface area contributed by atoms with Crippen molar-refractivity contribution in [3.63, 3.8) is 0 Å². The lowest BCUT2D eigenvalue weighted by Crippen LogP contribution is -2.57. The summed E-state index contributed by atoms with van der Waals surface area (Å²) in [5, 5.41) is 47.5. The van der Waals surface area contributed by atoms with Gasteiger partial charge in [-0.15, -0.1) is 0 Å². The minimum atomic E-state index is -2.56. The van der Waals surface area contributed by atoms with Gasteiger partial charge in [0.25, 0.3) is 5.91 Å². The third-order valence-electron chi connectivity index (χ3n) is 8.34. The first-order valence-corrected chi connectivity index (χ1v) is 13.1. The average Bonchev–Trinajstić information content (AvgIpc) is 2.87. The van der Waals surface area contributed by atoms with Gasteiger partial charge in [0.1, 0.15) is 22.8 Å². The van der Waals surface area contributed by atoms with Crippen LogP contribution in [0.1, 0.15) is 57.9 Å². The maximum atomic E-state index is 13.9. The zero-order chi connectivity index (χ0) is 28.2. The lowest BCUT2D eigenvalue weighted by atomic mass is 9.60. The number of primary amides is 1. The highest BCUT2D eigenvalue weighted by atomic mass is 16.3. The molecule has 0 bridgehead atoms. The van der Waals surface area contributed by atoms with Crippen LogP contribution in [0, 0.1) is 18.8 Å². The van der Waals surface area contributed by atoms with Crippen molar-refractivity contribution in [2.24, 2.45) is 17.6 Å². The predicted molar refractivity (Wildman–Crippen MR) is 142 cm³/mol. The van der Waals surface area contributed by atoms with Gasteiger partial charge in [-0.2, -0.15) is 0 Å². The van der Waals surface area contributed by atoms with Crippen molar-refractivity contribution in [1.29, 1.82) is 0 Å². The number of aliphatic hydroxyl groups is 3. The molecule has 2 aromatic carbocycles. The van der Waals surface area contributed by atoms with Gasteiger partial charge in [-0.25, -0.2) is 0 Å². The number of hydrogen-bond donors (Lipinski definition) is 6. The summed E-state index contributed by atoms with van der Waals surface area (Å²) in [5.41, 5.74) is 6.12. The summed E-state index contributed by atoms with van der Waals surface area (Å²) in [6.45, 7) is 4.81. The number of benzene rings is 2. The predicted octanol–water partition coefficient (Wildman–Crippen LogP) is 2.74. The number of phenols is 1. The molecule has 5 rings (SSSR count). The fourth-order valence-electron chi connectivity index (χ4n) is 6.44. The molecule has 9 heteroatoms. The van der Waals surface area contributed by atoms with E-state index in [0.717, 1.165) is 16.7 Å². The fourth-order valence-corrected chi connectivity index (χ4v) is 6.44. The van der Waals surface area contributed by atoms with Gasteiger partial charge < -0.3 is 31.5 Å². The second-order valence-corrected chi connectivity index (χ2v) is 10.8. The topological polar surface area (TPSA) is 170 Å². The van der Waals surface area contributed by atoms with E-state index in [1.54, 1.807) is 0 Å². The van der Waals surface area contributed by atoms with E-state index in [0.29, 0.717) is 37.1 Å². The van der Waals surface area contributed by atoms with Crippen LogP contribution in [0.2, 0.25) is 0 Å². The molecule has 0 aromatic heterocycles. The summed E-state index contributed by atoms with van der Waals surface area (Å²) in [5.74, 6) is -6.17. The van der Waals surface area contributed by atoms with E-state index in [-0.39, 0.29) is 29.7 Å². The number of hydrogen-bond acceptors (Lipinski definition) is 8. The highest BCUT2D eigenvalue weighted by molar-refractivity contribution is 6.24. The summed E-state index contributed by atoms with van der Waals surface area (Å²) in [6.07, 6.45) is 0.789. The Balaban J connectivity index is 1.53. The van der Waals surface area contributed by atoms with Gasteiger partial charge >= 0.3 is 0 Å². The van der Waals surface area contributed by atoms with Crippen LogP contribution in [-0.2, 0) is 35.5 Å². The Labute approximate surface area is 225 Å². The summed E-state index contributed by atoms with van der Waals surface area (Å²) in [7, 11) is 0. The molecule has 0 unspecified atom stereocenters. The van der Waals surface area contributed by atoms with E-state index in [1.165, 1.54) is 0 Å². The van der Waals surface area contributed by atoms with Gasteiger partial charge in [-0.05, 0) is 48.8 Å². The van der Waals surface area contributed by atoms with Crippen molar-refractivity contribution in [2.45, 2.75) is 58.2 Å². The summed E-state index contributed by atoms with van der Waals surface area (Å²) in [4.78, 5) is 38.8. The molecule has 0 spiro atoms. The minimum absolute atomic E-state index is 0.0540. The van der Waals surface area contributed by atoms with E-state index in [1.807, 2.05) is 38.1 Å². The molecule has 0 radical (unpaired) electrons. The quantitative estimate of drug-likeness (QED) is 0.308. The molecule has 9 nitrogen and oxygen atoms in total. The molecule has 39 heavy (non-hydrogen) atoms. The van der Waals surface area contributed by atoms with Gasteiger partial charge in [0.2, 0.25) is 5.78 Å². The van der Waals surface area contributed by atoms with Gasteiger partial charge in [0, 0.05) is 36.6 Å². The zero-order valence-corrected chi connectivity index (χ0v) is 21.9. The number of aliphatic hydroxyl groups excluding tert-OH is 2. The number of rotatable bonds is 6. The first-order valence-electron chi connectivity index (χ1n) is 13.1. The van der Waals surface area contributed by atoms with Crippen LogP contribution in [0.5, 0.6) is 5.75 Å². The Hall–Kier alpha value is -3.95. The first-order chi connectivity index (χ1) is 18.5. The first kappa shape index (κ1) is 26.6. The average molecular weight is 533 g/mol. The SMILES string of the molecule is CCc1cc(CNCc2cccc(C)c2)c(O)c2c1C[C@H]1C[C@H]3CC(O)=C(C(N)=O)C(=O)[C@@]3(O)C(O)=C1C2=O. The number of aromatic hydroxyl groups is 1. The van der Waals surface area contributed by atoms with E-state index in [9.17, 15) is 34.8 Å². The van der Waals surface area contributed by atoms with Crippen LogP contribution in [0.25, 0.3) is 0 Å². The van der Waals surface area contributed by atoms with Crippen molar-refractivity contribution >= 4 is 17.5 Å². The number of ketones is 2. The highest BCUT2D eigenvalue weighted by Crippen LogP contribution is 2.52. The summed E-state index contributed by atoms with van der Waals surface area (Å²) >= 11 is 0. The second-order valence-electron chi connectivity index (χ2n) is 10.8. The Morgan fingerprint density at radius 3 is 2.51 bits per heavy atom.